The highest BCUT2D eigenvalue weighted by molar-refractivity contribution is 6.42. The summed E-state index contributed by atoms with van der Waals surface area (Å²) in [5, 5.41) is 15.6. The highest BCUT2D eigenvalue weighted by Crippen LogP contribution is 2.36. The number of carbonyl (C=O) groups excluding carboxylic acids is 2. The van der Waals surface area contributed by atoms with E-state index in [1.807, 2.05) is 28.9 Å². The number of benzene rings is 2. The molecule has 1 aliphatic carbocycles. The lowest BCUT2D eigenvalue weighted by molar-refractivity contribution is -0.119. The van der Waals surface area contributed by atoms with Crippen molar-refractivity contribution in [2.45, 2.75) is 37.8 Å². The number of aromatic nitrogens is 4. The summed E-state index contributed by atoms with van der Waals surface area (Å²) in [6, 6.07) is 12.0. The number of hydrogen-bond donors (Lipinski definition) is 1. The molecule has 1 unspecified atom stereocenters. The van der Waals surface area contributed by atoms with Gasteiger partial charge in [-0.1, -0.05) is 23.2 Å². The number of tetrazole rings is 1. The molecule has 32 heavy (non-hydrogen) atoms. The molecule has 2 aliphatic rings. The summed E-state index contributed by atoms with van der Waals surface area (Å²) in [5.41, 5.74) is 1.95. The van der Waals surface area contributed by atoms with Crippen LogP contribution in [0.2, 0.25) is 10.0 Å². The molecule has 1 aliphatic heterocycles. The molecule has 164 valence electrons. The molecule has 2 amide bonds. The van der Waals surface area contributed by atoms with E-state index in [-0.39, 0.29) is 11.8 Å². The van der Waals surface area contributed by atoms with E-state index in [1.54, 1.807) is 17.0 Å². The summed E-state index contributed by atoms with van der Waals surface area (Å²) in [6.07, 6.45) is 3.54. The molecule has 10 heteroatoms. The second-order valence-corrected chi connectivity index (χ2v) is 8.84. The summed E-state index contributed by atoms with van der Waals surface area (Å²) in [5.74, 6) is 0.273. The molecular formula is C22H20Cl2N6O2. The second kappa shape index (κ2) is 8.52. The minimum atomic E-state index is -0.543. The van der Waals surface area contributed by atoms with Crippen LogP contribution in [0, 0.1) is 0 Å². The van der Waals surface area contributed by atoms with Crippen molar-refractivity contribution < 1.29 is 9.59 Å². The van der Waals surface area contributed by atoms with Crippen LogP contribution in [-0.4, -0.2) is 49.5 Å². The Morgan fingerprint density at radius 2 is 1.78 bits per heavy atom. The van der Waals surface area contributed by atoms with Gasteiger partial charge in [-0.05, 0) is 78.6 Å². The summed E-state index contributed by atoms with van der Waals surface area (Å²) in [7, 11) is 0. The number of rotatable bonds is 5. The molecule has 2 heterocycles. The molecule has 5 rings (SSSR count). The molecule has 1 atom stereocenters. The van der Waals surface area contributed by atoms with Gasteiger partial charge in [0.2, 0.25) is 5.91 Å². The number of nitrogens with one attached hydrogen (secondary N) is 1. The summed E-state index contributed by atoms with van der Waals surface area (Å²) < 4.78 is 1.85. The van der Waals surface area contributed by atoms with Crippen LogP contribution >= 0.6 is 23.2 Å². The minimum absolute atomic E-state index is 0.216. The fourth-order valence-electron chi connectivity index (χ4n) is 3.95. The van der Waals surface area contributed by atoms with Crippen molar-refractivity contribution in [1.82, 2.24) is 25.1 Å². The minimum Gasteiger partial charge on any atom is -0.327 e. The molecule has 0 bridgehead atoms. The highest BCUT2D eigenvalue weighted by atomic mass is 35.5. The van der Waals surface area contributed by atoms with Gasteiger partial charge in [-0.15, -0.1) is 5.10 Å². The molecule has 0 spiro atoms. The van der Waals surface area contributed by atoms with Crippen LogP contribution in [0.1, 0.15) is 42.1 Å². The van der Waals surface area contributed by atoms with Gasteiger partial charge in [0.25, 0.3) is 5.91 Å². The third-order valence-electron chi connectivity index (χ3n) is 5.78. The van der Waals surface area contributed by atoms with Crippen molar-refractivity contribution in [3.63, 3.8) is 0 Å². The van der Waals surface area contributed by atoms with Crippen molar-refractivity contribution in [2.75, 3.05) is 11.9 Å². The Kier molecular flexibility index (Phi) is 5.57. The fraction of sp³-hybridized carbons (Fsp3) is 0.318. The average Bonchev–Trinajstić information content (AvgIpc) is 3.32. The van der Waals surface area contributed by atoms with Gasteiger partial charge < -0.3 is 10.2 Å². The number of amides is 2. The monoisotopic (exact) mass is 470 g/mol. The number of halogens is 2. The number of carbonyl (C=O) groups is 2. The number of anilines is 1. The van der Waals surface area contributed by atoms with E-state index in [1.165, 1.54) is 6.07 Å². The normalized spacial score (nSPS) is 18.1. The highest BCUT2D eigenvalue weighted by Gasteiger charge is 2.35. The maximum absolute atomic E-state index is 13.0. The van der Waals surface area contributed by atoms with Gasteiger partial charge in [0.15, 0.2) is 5.82 Å². The second-order valence-electron chi connectivity index (χ2n) is 8.03. The van der Waals surface area contributed by atoms with E-state index in [0.717, 1.165) is 30.7 Å². The molecule has 1 saturated carbocycles. The molecule has 8 nitrogen and oxygen atoms in total. The maximum atomic E-state index is 13.0. The van der Waals surface area contributed by atoms with Crippen LogP contribution in [0.15, 0.2) is 42.5 Å². The SMILES string of the molecule is O=C(Nc1ccc(-c2nnnn2C2CC2)cc1)C1CCCN1C(=O)c1ccc(Cl)c(Cl)c1. The first-order valence-electron chi connectivity index (χ1n) is 10.5. The van der Waals surface area contributed by atoms with Crippen molar-refractivity contribution in [2.24, 2.45) is 0 Å². The van der Waals surface area contributed by atoms with Crippen molar-refractivity contribution >= 4 is 40.7 Å². The van der Waals surface area contributed by atoms with Gasteiger partial charge in [-0.3, -0.25) is 9.59 Å². The van der Waals surface area contributed by atoms with Crippen LogP contribution < -0.4 is 5.32 Å². The van der Waals surface area contributed by atoms with Crippen LogP contribution in [0.25, 0.3) is 11.4 Å². The molecule has 2 fully saturated rings. The Morgan fingerprint density at radius 1 is 1.00 bits per heavy atom. The zero-order chi connectivity index (χ0) is 22.2. The van der Waals surface area contributed by atoms with E-state index in [9.17, 15) is 9.59 Å². The van der Waals surface area contributed by atoms with E-state index < -0.39 is 6.04 Å². The topological polar surface area (TPSA) is 93.0 Å². The maximum Gasteiger partial charge on any atom is 0.254 e. The van der Waals surface area contributed by atoms with Crippen molar-refractivity contribution in [1.29, 1.82) is 0 Å². The Hall–Kier alpha value is -2.97. The van der Waals surface area contributed by atoms with Crippen molar-refractivity contribution in [3.8, 4) is 11.4 Å². The first-order valence-corrected chi connectivity index (χ1v) is 11.2. The molecule has 1 N–H and O–H groups in total. The van der Waals surface area contributed by atoms with Crippen LogP contribution in [0.5, 0.6) is 0 Å². The van der Waals surface area contributed by atoms with E-state index in [4.69, 9.17) is 23.2 Å². The van der Waals surface area contributed by atoms with Crippen molar-refractivity contribution in [3.05, 3.63) is 58.1 Å². The molecule has 2 aromatic carbocycles. The lowest BCUT2D eigenvalue weighted by Gasteiger charge is -2.24. The van der Waals surface area contributed by atoms with E-state index >= 15 is 0 Å². The zero-order valence-electron chi connectivity index (χ0n) is 17.0. The van der Waals surface area contributed by atoms with Gasteiger partial charge in [0.05, 0.1) is 16.1 Å². The first-order chi connectivity index (χ1) is 15.5. The van der Waals surface area contributed by atoms with Gasteiger partial charge >= 0.3 is 0 Å². The average molecular weight is 471 g/mol. The fourth-order valence-corrected chi connectivity index (χ4v) is 4.25. The van der Waals surface area contributed by atoms with Gasteiger partial charge in [-0.25, -0.2) is 4.68 Å². The summed E-state index contributed by atoms with van der Waals surface area (Å²) in [6.45, 7) is 0.514. The molecule has 3 aromatic rings. The van der Waals surface area contributed by atoms with Crippen LogP contribution in [0.4, 0.5) is 5.69 Å². The largest absolute Gasteiger partial charge is 0.327 e. The lowest BCUT2D eigenvalue weighted by Crippen LogP contribution is -2.43. The zero-order valence-corrected chi connectivity index (χ0v) is 18.6. The quantitative estimate of drug-likeness (QED) is 0.602. The molecule has 1 saturated heterocycles. The lowest BCUT2D eigenvalue weighted by atomic mass is 10.1. The number of likely N-dealkylation sites (tertiary alicyclic amines) is 1. The summed E-state index contributed by atoms with van der Waals surface area (Å²) >= 11 is 12.0. The number of nitrogens with zero attached hydrogens (tertiary/aromatic N) is 5. The Labute approximate surface area is 194 Å². The molecule has 0 radical (unpaired) electrons. The van der Waals surface area contributed by atoms with Gasteiger partial charge in [0.1, 0.15) is 6.04 Å². The Bertz CT molecular complexity index is 1180. The predicted molar refractivity (Wildman–Crippen MR) is 121 cm³/mol. The Morgan fingerprint density at radius 3 is 2.50 bits per heavy atom. The van der Waals surface area contributed by atoms with Gasteiger partial charge in [-0.2, -0.15) is 0 Å². The number of hydrogen-bond acceptors (Lipinski definition) is 5. The van der Waals surface area contributed by atoms with Crippen LogP contribution in [-0.2, 0) is 4.79 Å². The summed E-state index contributed by atoms with van der Waals surface area (Å²) in [4.78, 5) is 27.5. The first kappa shape index (κ1) is 20.9. The predicted octanol–water partition coefficient (Wildman–Crippen LogP) is 4.23. The molecular weight excluding hydrogens is 451 g/mol. The third-order valence-corrected chi connectivity index (χ3v) is 6.52. The van der Waals surface area contributed by atoms with Crippen LogP contribution in [0.3, 0.4) is 0 Å². The third kappa shape index (κ3) is 4.08. The van der Waals surface area contributed by atoms with Gasteiger partial charge in [0, 0.05) is 23.4 Å². The Balaban J connectivity index is 1.28. The molecule has 1 aromatic heterocycles. The standard InChI is InChI=1S/C22H20Cl2N6O2/c23-17-10-5-14(12-18(17)24)22(32)29-11-1-2-19(29)21(31)25-15-6-3-13(4-7-15)20-26-27-28-30(20)16-8-9-16/h3-7,10,12,16,19H,1-2,8-9,11H2,(H,25,31). The van der Waals surface area contributed by atoms with E-state index in [2.05, 4.69) is 20.8 Å². The smallest absolute Gasteiger partial charge is 0.254 e. The van der Waals surface area contributed by atoms with E-state index in [0.29, 0.717) is 40.3 Å².